The van der Waals surface area contributed by atoms with Crippen molar-refractivity contribution in [3.8, 4) is 5.75 Å². The minimum Gasteiger partial charge on any atom is -0.495 e. The van der Waals surface area contributed by atoms with Gasteiger partial charge in [0.15, 0.2) is 0 Å². The Hall–Kier alpha value is -2.82. The van der Waals surface area contributed by atoms with Gasteiger partial charge < -0.3 is 15.0 Å². The largest absolute Gasteiger partial charge is 0.495 e. The number of hydrogen-bond acceptors (Lipinski definition) is 3. The summed E-state index contributed by atoms with van der Waals surface area (Å²) >= 11 is 0. The first-order chi connectivity index (χ1) is 11.1. The lowest BCUT2D eigenvalue weighted by molar-refractivity contribution is -0.124. The molecule has 5 nitrogen and oxygen atoms in total. The summed E-state index contributed by atoms with van der Waals surface area (Å²) < 4.78 is 5.25. The van der Waals surface area contributed by atoms with Crippen LogP contribution in [0.3, 0.4) is 0 Å². The summed E-state index contributed by atoms with van der Waals surface area (Å²) in [7, 11) is 3.29. The average molecular weight is 310 g/mol. The smallest absolute Gasteiger partial charge is 0.232 e. The number of nitrogens with zero attached hydrogens (tertiary/aromatic N) is 1. The van der Waals surface area contributed by atoms with Crippen LogP contribution in [0.2, 0.25) is 0 Å². The standard InChI is InChI=1S/C18H18N2O3/c1-20-15-9-5-3-7-12(15)13(11-17(20)21)18(22)19-14-8-4-6-10-16(14)23-2/h3-10,13H,11H2,1-2H3,(H,19,22). The monoisotopic (exact) mass is 310 g/mol. The highest BCUT2D eigenvalue weighted by Crippen LogP contribution is 2.36. The molecule has 1 N–H and O–H groups in total. The molecule has 0 aliphatic carbocycles. The van der Waals surface area contributed by atoms with Crippen LogP contribution in [-0.4, -0.2) is 26.0 Å². The maximum absolute atomic E-state index is 12.7. The lowest BCUT2D eigenvalue weighted by Crippen LogP contribution is -2.37. The molecule has 2 aromatic rings. The van der Waals surface area contributed by atoms with E-state index < -0.39 is 5.92 Å². The second kappa shape index (κ2) is 6.12. The van der Waals surface area contributed by atoms with Gasteiger partial charge >= 0.3 is 0 Å². The van der Waals surface area contributed by atoms with E-state index in [1.165, 1.54) is 0 Å². The number of benzene rings is 2. The topological polar surface area (TPSA) is 58.6 Å². The fourth-order valence-electron chi connectivity index (χ4n) is 2.85. The molecule has 1 heterocycles. The number of para-hydroxylation sites is 3. The van der Waals surface area contributed by atoms with Gasteiger partial charge in [-0.15, -0.1) is 0 Å². The minimum atomic E-state index is -0.500. The van der Waals surface area contributed by atoms with E-state index in [9.17, 15) is 9.59 Å². The first-order valence-corrected chi connectivity index (χ1v) is 7.41. The van der Waals surface area contributed by atoms with E-state index in [-0.39, 0.29) is 18.2 Å². The number of ether oxygens (including phenoxy) is 1. The van der Waals surface area contributed by atoms with Gasteiger partial charge in [0, 0.05) is 19.2 Å². The van der Waals surface area contributed by atoms with Gasteiger partial charge in [-0.2, -0.15) is 0 Å². The molecule has 3 rings (SSSR count). The second-order valence-corrected chi connectivity index (χ2v) is 5.46. The van der Waals surface area contributed by atoms with Crippen LogP contribution in [0.5, 0.6) is 5.75 Å². The molecule has 0 fully saturated rings. The second-order valence-electron chi connectivity index (χ2n) is 5.46. The predicted molar refractivity (Wildman–Crippen MR) is 88.8 cm³/mol. The summed E-state index contributed by atoms with van der Waals surface area (Å²) in [5.41, 5.74) is 2.25. The highest BCUT2D eigenvalue weighted by Gasteiger charge is 2.33. The number of carbonyl (C=O) groups is 2. The molecule has 0 bridgehead atoms. The molecule has 5 heteroatoms. The van der Waals surface area contributed by atoms with Crippen LogP contribution in [0.4, 0.5) is 11.4 Å². The van der Waals surface area contributed by atoms with Crippen LogP contribution in [0.1, 0.15) is 17.9 Å². The minimum absolute atomic E-state index is 0.0659. The van der Waals surface area contributed by atoms with Crippen molar-refractivity contribution in [3.05, 3.63) is 54.1 Å². The summed E-state index contributed by atoms with van der Waals surface area (Å²) in [6.45, 7) is 0. The molecule has 1 atom stereocenters. The van der Waals surface area contributed by atoms with Crippen LogP contribution in [-0.2, 0) is 9.59 Å². The Kier molecular flexibility index (Phi) is 4.02. The summed E-state index contributed by atoms with van der Waals surface area (Å²) in [4.78, 5) is 26.5. The maximum atomic E-state index is 12.7. The number of hydrogen-bond donors (Lipinski definition) is 1. The molecular formula is C18H18N2O3. The zero-order chi connectivity index (χ0) is 16.4. The Balaban J connectivity index is 1.91. The van der Waals surface area contributed by atoms with Crippen molar-refractivity contribution >= 4 is 23.2 Å². The van der Waals surface area contributed by atoms with Gasteiger partial charge in [0.25, 0.3) is 0 Å². The van der Waals surface area contributed by atoms with Crippen LogP contribution >= 0.6 is 0 Å². The van der Waals surface area contributed by atoms with Crippen LogP contribution < -0.4 is 15.0 Å². The number of amides is 2. The Morgan fingerprint density at radius 1 is 1.17 bits per heavy atom. The summed E-state index contributed by atoms with van der Waals surface area (Å²) in [6, 6.07) is 14.7. The molecule has 0 radical (unpaired) electrons. The van der Waals surface area contributed by atoms with Gasteiger partial charge in [0.05, 0.1) is 18.7 Å². The molecular weight excluding hydrogens is 292 g/mol. The third-order valence-electron chi connectivity index (χ3n) is 4.11. The normalized spacial score (nSPS) is 16.7. The van der Waals surface area contributed by atoms with Gasteiger partial charge in [0.2, 0.25) is 11.8 Å². The Bertz CT molecular complexity index is 757. The number of carbonyl (C=O) groups excluding carboxylic acids is 2. The van der Waals surface area contributed by atoms with Gasteiger partial charge in [-0.3, -0.25) is 9.59 Å². The molecule has 1 aliphatic heterocycles. The van der Waals surface area contributed by atoms with Gasteiger partial charge in [-0.05, 0) is 23.8 Å². The number of methoxy groups -OCH3 is 1. The average Bonchev–Trinajstić information content (AvgIpc) is 2.58. The van der Waals surface area contributed by atoms with Crippen molar-refractivity contribution < 1.29 is 14.3 Å². The number of rotatable bonds is 3. The van der Waals surface area contributed by atoms with Crippen LogP contribution in [0.25, 0.3) is 0 Å². The number of nitrogens with one attached hydrogen (secondary N) is 1. The Morgan fingerprint density at radius 2 is 1.87 bits per heavy atom. The van der Waals surface area contributed by atoms with Crippen molar-refractivity contribution in [2.75, 3.05) is 24.4 Å². The van der Waals surface area contributed by atoms with Crippen molar-refractivity contribution in [1.29, 1.82) is 0 Å². The number of fused-ring (bicyclic) bond motifs is 1. The fraction of sp³-hybridized carbons (Fsp3) is 0.222. The molecule has 1 aliphatic rings. The highest BCUT2D eigenvalue weighted by atomic mass is 16.5. The van der Waals surface area contributed by atoms with E-state index >= 15 is 0 Å². The van der Waals surface area contributed by atoms with Gasteiger partial charge in [-0.1, -0.05) is 30.3 Å². The third kappa shape index (κ3) is 2.77. The lowest BCUT2D eigenvalue weighted by atomic mass is 9.89. The zero-order valence-electron chi connectivity index (χ0n) is 13.1. The Labute approximate surface area is 134 Å². The molecule has 1 unspecified atom stereocenters. The van der Waals surface area contributed by atoms with E-state index in [1.807, 2.05) is 36.4 Å². The highest BCUT2D eigenvalue weighted by molar-refractivity contribution is 6.06. The molecule has 0 saturated carbocycles. The van der Waals surface area contributed by atoms with Crippen LogP contribution in [0.15, 0.2) is 48.5 Å². The zero-order valence-corrected chi connectivity index (χ0v) is 13.1. The Morgan fingerprint density at radius 3 is 2.65 bits per heavy atom. The molecule has 23 heavy (non-hydrogen) atoms. The molecule has 0 aromatic heterocycles. The quantitative estimate of drug-likeness (QED) is 0.948. The van der Waals surface area contributed by atoms with Crippen molar-refractivity contribution in [1.82, 2.24) is 0 Å². The third-order valence-corrected chi connectivity index (χ3v) is 4.11. The van der Waals surface area contributed by atoms with E-state index in [4.69, 9.17) is 4.74 Å². The van der Waals surface area contributed by atoms with Gasteiger partial charge in [0.1, 0.15) is 5.75 Å². The van der Waals surface area contributed by atoms with E-state index in [1.54, 1.807) is 31.2 Å². The summed E-state index contributed by atoms with van der Waals surface area (Å²) in [6.07, 6.45) is 0.161. The van der Waals surface area contributed by atoms with Crippen molar-refractivity contribution in [2.45, 2.75) is 12.3 Å². The number of anilines is 2. The molecule has 118 valence electrons. The molecule has 0 saturated heterocycles. The van der Waals surface area contributed by atoms with Crippen LogP contribution in [0, 0.1) is 0 Å². The van der Waals surface area contributed by atoms with E-state index in [2.05, 4.69) is 5.32 Å². The van der Waals surface area contributed by atoms with Gasteiger partial charge in [-0.25, -0.2) is 0 Å². The van der Waals surface area contributed by atoms with E-state index in [0.717, 1.165) is 11.3 Å². The summed E-state index contributed by atoms with van der Waals surface area (Å²) in [5, 5.41) is 2.87. The van der Waals surface area contributed by atoms with Crippen molar-refractivity contribution in [2.24, 2.45) is 0 Å². The summed E-state index contributed by atoms with van der Waals surface area (Å²) in [5.74, 6) is -0.180. The molecule has 0 spiro atoms. The fourth-order valence-corrected chi connectivity index (χ4v) is 2.85. The maximum Gasteiger partial charge on any atom is 0.232 e. The SMILES string of the molecule is COc1ccccc1NC(=O)C1CC(=O)N(C)c2ccccc21. The van der Waals surface area contributed by atoms with E-state index in [0.29, 0.717) is 11.4 Å². The lowest BCUT2D eigenvalue weighted by Gasteiger charge is -2.30. The predicted octanol–water partition coefficient (Wildman–Crippen LogP) is 2.78. The molecule has 2 amide bonds. The first-order valence-electron chi connectivity index (χ1n) is 7.41. The first kappa shape index (κ1) is 15.1. The molecule has 2 aromatic carbocycles. The van der Waals surface area contributed by atoms with Crippen molar-refractivity contribution in [3.63, 3.8) is 0 Å².